The van der Waals surface area contributed by atoms with Crippen molar-refractivity contribution in [3.63, 3.8) is 0 Å². The number of ether oxygens (including phenoxy) is 9. The minimum atomic E-state index is -0.780. The largest absolute Gasteiger partial charge is 0.392 e. The Morgan fingerprint density at radius 1 is 0.808 bits per heavy atom. The average Bonchev–Trinajstić information content (AvgIpc) is 3.79. The SMILES string of the molecule is C=C1C[C@@H]2CC[C@@]34C[C@H]5O[C@@H]6[C@@H](O[C@H]7CC[C@H](CC(=O)C[C@@H]8[C@@H](OC)[C@@H](C[C@H](O)CN)O[C@H]8C[C@H]8O[C@@H](CC[C@@H]1O2)C[C@@H](C)C8=C)O[C@H]7[C@H]6O3)[C@@H]5O4. The van der Waals surface area contributed by atoms with Crippen LogP contribution in [0.2, 0.25) is 0 Å². The second-order valence-electron chi connectivity index (χ2n) is 17.4. The standard InChI is InChI=1S/C40H59NO11/c1-19-11-24-5-7-28-20(2)12-26(45-28)9-10-40-17-33-36(51-40)37-38(50-33)39(52-40)35-29(49-37)8-6-25(47-35)13-22(42)14-27-31(16-30(46-24)21(19)3)48-32(34(27)44-4)15-23(43)18-41/h19,23-39,43H,2-3,5-18,41H2,1,4H3/t19-,23+,24+,25-,26+,27+,28+,29+,30-,31+,32-,33-,34-,35-,36-,37+,38-,39-,40+/m1/s1. The number of nitrogens with two attached hydrogens (primary N) is 1. The lowest BCUT2D eigenvalue weighted by Crippen LogP contribution is -2.61. The van der Waals surface area contributed by atoms with E-state index in [-0.39, 0.29) is 122 Å². The second-order valence-corrected chi connectivity index (χ2v) is 17.4. The average molecular weight is 730 g/mol. The third-order valence-corrected chi connectivity index (χ3v) is 14.0. The fraction of sp³-hybridized carbons (Fsp3) is 0.875. The first kappa shape index (κ1) is 36.4. The number of carbonyl (C=O) groups is 1. The van der Waals surface area contributed by atoms with E-state index >= 15 is 0 Å². The number of aliphatic hydroxyl groups is 1. The summed E-state index contributed by atoms with van der Waals surface area (Å²) < 4.78 is 60.0. The normalized spacial score (nSPS) is 52.4. The Morgan fingerprint density at radius 2 is 1.56 bits per heavy atom. The number of carbonyl (C=O) groups excluding carboxylic acids is 1. The van der Waals surface area contributed by atoms with E-state index in [1.165, 1.54) is 0 Å². The zero-order chi connectivity index (χ0) is 35.9. The summed E-state index contributed by atoms with van der Waals surface area (Å²) in [5, 5.41) is 10.5. The van der Waals surface area contributed by atoms with Crippen LogP contribution in [0.15, 0.2) is 24.3 Å². The van der Waals surface area contributed by atoms with Crippen molar-refractivity contribution in [2.24, 2.45) is 17.6 Å². The Morgan fingerprint density at radius 3 is 2.38 bits per heavy atom. The molecule has 0 unspecified atom stereocenters. The van der Waals surface area contributed by atoms with Crippen molar-refractivity contribution < 1.29 is 52.5 Å². The number of ketones is 1. The van der Waals surface area contributed by atoms with Gasteiger partial charge in [-0.2, -0.15) is 0 Å². The summed E-state index contributed by atoms with van der Waals surface area (Å²) >= 11 is 0. The van der Waals surface area contributed by atoms with Crippen LogP contribution in [-0.4, -0.2) is 128 Å². The molecule has 10 aliphatic heterocycles. The van der Waals surface area contributed by atoms with E-state index in [9.17, 15) is 9.90 Å². The van der Waals surface area contributed by atoms with Gasteiger partial charge in [-0.3, -0.25) is 4.79 Å². The van der Waals surface area contributed by atoms with Crippen molar-refractivity contribution in [2.75, 3.05) is 13.7 Å². The van der Waals surface area contributed by atoms with E-state index in [2.05, 4.69) is 20.1 Å². The molecule has 19 atom stereocenters. The highest BCUT2D eigenvalue weighted by atomic mass is 16.8. The molecule has 0 aromatic heterocycles. The maximum absolute atomic E-state index is 14.1. The zero-order valence-electron chi connectivity index (χ0n) is 30.8. The smallest absolute Gasteiger partial charge is 0.172 e. The van der Waals surface area contributed by atoms with Crippen molar-refractivity contribution in [1.29, 1.82) is 0 Å². The van der Waals surface area contributed by atoms with E-state index in [4.69, 9.17) is 48.4 Å². The summed E-state index contributed by atoms with van der Waals surface area (Å²) in [6.07, 6.45) is 4.85. The summed E-state index contributed by atoms with van der Waals surface area (Å²) in [5.74, 6) is -0.619. The Labute approximate surface area is 307 Å². The summed E-state index contributed by atoms with van der Waals surface area (Å²) in [5.41, 5.74) is 8.01. The van der Waals surface area contributed by atoms with E-state index < -0.39 is 18.0 Å². The van der Waals surface area contributed by atoms with Gasteiger partial charge < -0.3 is 53.5 Å². The van der Waals surface area contributed by atoms with Crippen LogP contribution in [0.4, 0.5) is 0 Å². The zero-order valence-corrected chi connectivity index (χ0v) is 30.8. The first-order valence-corrected chi connectivity index (χ1v) is 20.2. The number of aliphatic hydroxyl groups excluding tert-OH is 1. The number of fused-ring (bicyclic) bond motifs is 6. The summed E-state index contributed by atoms with van der Waals surface area (Å²) in [6, 6.07) is 0. The molecule has 10 fully saturated rings. The van der Waals surface area contributed by atoms with Crippen LogP contribution in [0.25, 0.3) is 0 Å². The first-order chi connectivity index (χ1) is 25.1. The van der Waals surface area contributed by atoms with E-state index in [1.807, 2.05) is 0 Å². The van der Waals surface area contributed by atoms with E-state index in [0.717, 1.165) is 56.1 Å². The molecular formula is C40H59NO11. The van der Waals surface area contributed by atoms with Gasteiger partial charge in [0.2, 0.25) is 0 Å². The lowest BCUT2D eigenvalue weighted by molar-refractivity contribution is -0.292. The van der Waals surface area contributed by atoms with Crippen molar-refractivity contribution in [3.8, 4) is 0 Å². The molecule has 10 aliphatic rings. The molecule has 0 saturated carbocycles. The van der Waals surface area contributed by atoms with Gasteiger partial charge in [0.1, 0.15) is 36.3 Å². The molecule has 12 bridgehead atoms. The van der Waals surface area contributed by atoms with Gasteiger partial charge in [-0.25, -0.2) is 0 Å². The number of methoxy groups -OCH3 is 1. The molecule has 12 heteroatoms. The topological polar surface area (TPSA) is 146 Å². The predicted molar refractivity (Wildman–Crippen MR) is 186 cm³/mol. The maximum atomic E-state index is 14.1. The Kier molecular flexibility index (Phi) is 10.0. The maximum Gasteiger partial charge on any atom is 0.172 e. The molecule has 0 amide bonds. The third kappa shape index (κ3) is 6.59. The van der Waals surface area contributed by atoms with E-state index in [1.54, 1.807) is 7.11 Å². The molecule has 0 aromatic rings. The molecule has 0 radical (unpaired) electrons. The van der Waals surface area contributed by atoms with Crippen LogP contribution in [0.5, 0.6) is 0 Å². The number of rotatable bonds is 4. The monoisotopic (exact) mass is 729 g/mol. The molecule has 52 heavy (non-hydrogen) atoms. The Bertz CT molecular complexity index is 1380. The predicted octanol–water partition coefficient (Wildman–Crippen LogP) is 3.44. The molecule has 0 aliphatic carbocycles. The van der Waals surface area contributed by atoms with Gasteiger partial charge in [-0.05, 0) is 62.0 Å². The third-order valence-electron chi connectivity index (χ3n) is 14.0. The van der Waals surface area contributed by atoms with Crippen molar-refractivity contribution in [3.05, 3.63) is 24.3 Å². The fourth-order valence-corrected chi connectivity index (χ4v) is 11.3. The van der Waals surface area contributed by atoms with E-state index in [0.29, 0.717) is 25.7 Å². The molecule has 0 aromatic carbocycles. The minimum Gasteiger partial charge on any atom is -0.392 e. The first-order valence-electron chi connectivity index (χ1n) is 20.2. The van der Waals surface area contributed by atoms with Gasteiger partial charge in [0.05, 0.1) is 67.1 Å². The molecule has 10 saturated heterocycles. The molecular weight excluding hydrogens is 670 g/mol. The lowest BCUT2D eigenvalue weighted by atomic mass is 9.81. The van der Waals surface area contributed by atoms with Crippen LogP contribution in [0, 0.1) is 11.8 Å². The van der Waals surface area contributed by atoms with Gasteiger partial charge in [0.15, 0.2) is 5.79 Å². The van der Waals surface area contributed by atoms with Crippen LogP contribution in [0.1, 0.15) is 90.4 Å². The summed E-state index contributed by atoms with van der Waals surface area (Å²) in [6.45, 7) is 11.3. The summed E-state index contributed by atoms with van der Waals surface area (Å²) in [7, 11) is 1.66. The second kappa shape index (κ2) is 14.3. The van der Waals surface area contributed by atoms with Crippen LogP contribution < -0.4 is 5.73 Å². The fourth-order valence-electron chi connectivity index (χ4n) is 11.3. The number of hydrogen-bond donors (Lipinski definition) is 2. The molecule has 290 valence electrons. The van der Waals surface area contributed by atoms with Crippen molar-refractivity contribution in [1.82, 2.24) is 0 Å². The van der Waals surface area contributed by atoms with Gasteiger partial charge in [-0.15, -0.1) is 0 Å². The highest BCUT2D eigenvalue weighted by Crippen LogP contribution is 2.54. The quantitative estimate of drug-likeness (QED) is 0.409. The number of Topliss-reactive ketones (excluding diaryl/α,β-unsaturated/α-hetero) is 1. The highest BCUT2D eigenvalue weighted by Gasteiger charge is 2.68. The van der Waals surface area contributed by atoms with Crippen LogP contribution in [0.3, 0.4) is 0 Å². The molecule has 3 N–H and O–H groups in total. The Balaban J connectivity index is 0.994. The molecule has 10 rings (SSSR count). The number of hydrogen-bond acceptors (Lipinski definition) is 12. The van der Waals surface area contributed by atoms with Crippen molar-refractivity contribution >= 4 is 5.78 Å². The lowest BCUT2D eigenvalue weighted by Gasteiger charge is -2.47. The summed E-state index contributed by atoms with van der Waals surface area (Å²) in [4.78, 5) is 14.1. The van der Waals surface area contributed by atoms with Gasteiger partial charge in [0.25, 0.3) is 0 Å². The van der Waals surface area contributed by atoms with Gasteiger partial charge in [-0.1, -0.05) is 20.1 Å². The van der Waals surface area contributed by atoms with Crippen LogP contribution in [-0.2, 0) is 47.4 Å². The highest BCUT2D eigenvalue weighted by molar-refractivity contribution is 5.79. The molecule has 10 heterocycles. The minimum absolute atomic E-state index is 0.0158. The van der Waals surface area contributed by atoms with Crippen LogP contribution >= 0.6 is 0 Å². The molecule has 12 nitrogen and oxygen atoms in total. The Hall–Kier alpha value is -1.29. The van der Waals surface area contributed by atoms with Crippen molar-refractivity contribution in [2.45, 2.75) is 194 Å². The molecule has 1 spiro atoms. The van der Waals surface area contributed by atoms with Gasteiger partial charge >= 0.3 is 0 Å². The van der Waals surface area contributed by atoms with Gasteiger partial charge in [0, 0.05) is 58.1 Å².